The molecular formula is C23H29N7O4S. The standard InChI is InChI=1S/C23H29N7O4S/c1-23-9-8-17(34-35(3,31)32)16(23)12-30(13-23)18-11-26-20(24)19(27-18)22-29-28-21(33-22)15-6-4-14(5-7-15)10-25-2/h4-7,11,16-17,25H,8-10,12-13H2,1-3H3,(H2,24,26)/t16-,17?,23-/m0/s1. The third-order valence-corrected chi connectivity index (χ3v) is 7.53. The van der Waals surface area contributed by atoms with Crippen molar-refractivity contribution < 1.29 is 17.0 Å². The largest absolute Gasteiger partial charge is 0.414 e. The van der Waals surface area contributed by atoms with Gasteiger partial charge in [0.15, 0.2) is 11.5 Å². The van der Waals surface area contributed by atoms with Crippen molar-refractivity contribution in [1.29, 1.82) is 0 Å². The predicted octanol–water partition coefficient (Wildman–Crippen LogP) is 2.08. The van der Waals surface area contributed by atoms with Crippen molar-refractivity contribution in [2.75, 3.05) is 37.0 Å². The predicted molar refractivity (Wildman–Crippen MR) is 131 cm³/mol. The quantitative estimate of drug-likeness (QED) is 0.460. The van der Waals surface area contributed by atoms with Crippen LogP contribution in [-0.4, -0.2) is 61.1 Å². The molecule has 186 valence electrons. The van der Waals surface area contributed by atoms with E-state index in [0.717, 1.165) is 36.8 Å². The lowest BCUT2D eigenvalue weighted by atomic mass is 9.82. The zero-order valence-corrected chi connectivity index (χ0v) is 20.7. The van der Waals surface area contributed by atoms with Crippen LogP contribution in [-0.2, 0) is 20.8 Å². The summed E-state index contributed by atoms with van der Waals surface area (Å²) >= 11 is 0. The minimum absolute atomic E-state index is 0.0703. The fraction of sp³-hybridized carbons (Fsp3) is 0.478. The third-order valence-electron chi connectivity index (χ3n) is 6.93. The molecule has 3 atom stereocenters. The Hall–Kier alpha value is -3.09. The van der Waals surface area contributed by atoms with Crippen LogP contribution in [0.1, 0.15) is 25.3 Å². The van der Waals surface area contributed by atoms with Gasteiger partial charge in [-0.25, -0.2) is 9.97 Å². The highest BCUT2D eigenvalue weighted by Gasteiger charge is 2.53. The van der Waals surface area contributed by atoms with E-state index in [4.69, 9.17) is 19.3 Å². The van der Waals surface area contributed by atoms with E-state index in [1.807, 2.05) is 31.3 Å². The average molecular weight is 500 g/mol. The van der Waals surface area contributed by atoms with Crippen LogP contribution in [0.15, 0.2) is 34.9 Å². The van der Waals surface area contributed by atoms with E-state index in [9.17, 15) is 8.42 Å². The zero-order valence-electron chi connectivity index (χ0n) is 19.9. The number of nitrogens with one attached hydrogen (secondary N) is 1. The molecule has 3 aromatic rings. The number of rotatable bonds is 7. The summed E-state index contributed by atoms with van der Waals surface area (Å²) < 4.78 is 34.7. The highest BCUT2D eigenvalue weighted by Crippen LogP contribution is 2.50. The van der Waals surface area contributed by atoms with Gasteiger partial charge in [-0.05, 0) is 43.0 Å². The number of fused-ring (bicyclic) bond motifs is 1. The molecule has 1 aliphatic carbocycles. The Morgan fingerprint density at radius 2 is 2.00 bits per heavy atom. The first-order valence-corrected chi connectivity index (χ1v) is 13.3. The maximum absolute atomic E-state index is 11.7. The van der Waals surface area contributed by atoms with E-state index >= 15 is 0 Å². The maximum Gasteiger partial charge on any atom is 0.270 e. The van der Waals surface area contributed by atoms with Gasteiger partial charge < -0.3 is 20.4 Å². The molecule has 1 aliphatic heterocycles. The summed E-state index contributed by atoms with van der Waals surface area (Å²) in [5.41, 5.74) is 8.30. The molecule has 2 fully saturated rings. The van der Waals surface area contributed by atoms with Gasteiger partial charge in [0.2, 0.25) is 5.89 Å². The summed E-state index contributed by atoms with van der Waals surface area (Å²) in [6.07, 6.45) is 3.99. The van der Waals surface area contributed by atoms with Crippen LogP contribution < -0.4 is 16.0 Å². The Bertz CT molecular complexity index is 1330. The van der Waals surface area contributed by atoms with E-state index in [-0.39, 0.29) is 29.1 Å². The molecular weight excluding hydrogens is 470 g/mol. The molecule has 0 radical (unpaired) electrons. The van der Waals surface area contributed by atoms with E-state index in [1.165, 1.54) is 0 Å². The van der Waals surface area contributed by atoms with Gasteiger partial charge in [0, 0.05) is 31.1 Å². The Morgan fingerprint density at radius 1 is 1.26 bits per heavy atom. The number of nitrogen functional groups attached to an aromatic ring is 1. The minimum Gasteiger partial charge on any atom is -0.414 e. The van der Waals surface area contributed by atoms with Crippen molar-refractivity contribution in [2.45, 2.75) is 32.4 Å². The topological polar surface area (TPSA) is 149 Å². The molecule has 11 nitrogen and oxygen atoms in total. The Labute approximate surface area is 204 Å². The van der Waals surface area contributed by atoms with Crippen LogP contribution in [0, 0.1) is 11.3 Å². The number of hydrogen-bond acceptors (Lipinski definition) is 11. The van der Waals surface area contributed by atoms with Gasteiger partial charge in [0.25, 0.3) is 16.0 Å². The van der Waals surface area contributed by atoms with Gasteiger partial charge in [-0.1, -0.05) is 19.1 Å². The minimum atomic E-state index is -3.52. The van der Waals surface area contributed by atoms with Gasteiger partial charge in [-0.15, -0.1) is 10.2 Å². The Balaban J connectivity index is 1.38. The molecule has 2 aromatic heterocycles. The summed E-state index contributed by atoms with van der Waals surface area (Å²) in [7, 11) is -1.63. The van der Waals surface area contributed by atoms with E-state index in [1.54, 1.807) is 6.20 Å². The first-order valence-electron chi connectivity index (χ1n) is 11.5. The van der Waals surface area contributed by atoms with Crippen molar-refractivity contribution in [3.05, 3.63) is 36.0 Å². The van der Waals surface area contributed by atoms with Crippen molar-refractivity contribution in [3.8, 4) is 23.0 Å². The molecule has 0 amide bonds. The van der Waals surface area contributed by atoms with Gasteiger partial charge in [-0.2, -0.15) is 8.42 Å². The highest BCUT2D eigenvalue weighted by atomic mass is 32.2. The molecule has 1 saturated heterocycles. The van der Waals surface area contributed by atoms with Crippen LogP contribution in [0.5, 0.6) is 0 Å². The normalized spacial score (nSPS) is 24.1. The number of nitrogens with zero attached hydrogens (tertiary/aromatic N) is 5. The van der Waals surface area contributed by atoms with E-state index < -0.39 is 10.1 Å². The Kier molecular flexibility index (Phi) is 5.98. The molecule has 3 N–H and O–H groups in total. The lowest BCUT2D eigenvalue weighted by Gasteiger charge is -2.24. The van der Waals surface area contributed by atoms with Crippen LogP contribution in [0.2, 0.25) is 0 Å². The highest BCUT2D eigenvalue weighted by molar-refractivity contribution is 7.86. The molecule has 12 heteroatoms. The molecule has 5 rings (SSSR count). The third kappa shape index (κ3) is 4.73. The molecule has 0 spiro atoms. The fourth-order valence-corrected chi connectivity index (χ4v) is 5.88. The summed E-state index contributed by atoms with van der Waals surface area (Å²) in [4.78, 5) is 11.1. The summed E-state index contributed by atoms with van der Waals surface area (Å²) in [5, 5.41) is 11.4. The van der Waals surface area contributed by atoms with Crippen molar-refractivity contribution in [1.82, 2.24) is 25.5 Å². The summed E-state index contributed by atoms with van der Waals surface area (Å²) in [6.45, 7) is 4.27. The maximum atomic E-state index is 11.7. The number of nitrogens with two attached hydrogens (primary N) is 1. The second kappa shape index (κ2) is 8.85. The zero-order chi connectivity index (χ0) is 24.8. The molecule has 0 bridgehead atoms. The molecule has 2 aliphatic rings. The molecule has 1 aromatic carbocycles. The smallest absolute Gasteiger partial charge is 0.270 e. The fourth-order valence-electron chi connectivity index (χ4n) is 5.20. The summed E-state index contributed by atoms with van der Waals surface area (Å²) in [6, 6.07) is 7.84. The lowest BCUT2D eigenvalue weighted by Crippen LogP contribution is -2.29. The lowest BCUT2D eigenvalue weighted by molar-refractivity contribution is 0.145. The van der Waals surface area contributed by atoms with Crippen LogP contribution in [0.4, 0.5) is 11.6 Å². The summed E-state index contributed by atoms with van der Waals surface area (Å²) in [5.74, 6) is 1.44. The van der Waals surface area contributed by atoms with Crippen molar-refractivity contribution >= 4 is 21.8 Å². The Morgan fingerprint density at radius 3 is 2.71 bits per heavy atom. The number of aromatic nitrogens is 4. The molecule has 1 unspecified atom stereocenters. The number of benzene rings is 1. The molecule has 3 heterocycles. The number of hydrogen-bond donors (Lipinski definition) is 2. The van der Waals surface area contributed by atoms with Gasteiger partial charge in [0.1, 0.15) is 5.82 Å². The van der Waals surface area contributed by atoms with E-state index in [2.05, 4.69) is 32.3 Å². The second-order valence-electron chi connectivity index (χ2n) is 9.62. The van der Waals surface area contributed by atoms with E-state index in [0.29, 0.717) is 30.5 Å². The second-order valence-corrected chi connectivity index (χ2v) is 11.2. The van der Waals surface area contributed by atoms with Crippen molar-refractivity contribution in [3.63, 3.8) is 0 Å². The molecule has 35 heavy (non-hydrogen) atoms. The van der Waals surface area contributed by atoms with Gasteiger partial charge >= 0.3 is 0 Å². The van der Waals surface area contributed by atoms with Gasteiger partial charge in [-0.3, -0.25) is 4.18 Å². The van der Waals surface area contributed by atoms with Crippen LogP contribution in [0.3, 0.4) is 0 Å². The first kappa shape index (κ1) is 23.6. The van der Waals surface area contributed by atoms with Crippen LogP contribution in [0.25, 0.3) is 23.0 Å². The average Bonchev–Trinajstić information content (AvgIpc) is 3.49. The first-order chi connectivity index (χ1) is 16.6. The SMILES string of the molecule is CNCc1ccc(-c2nnc(-c3nc(N4C[C@H]5C(OS(C)(=O)=O)CC[C@@]5(C)C4)cnc3N)o2)cc1. The van der Waals surface area contributed by atoms with Crippen LogP contribution >= 0.6 is 0 Å². The van der Waals surface area contributed by atoms with Crippen molar-refractivity contribution in [2.24, 2.45) is 11.3 Å². The van der Waals surface area contributed by atoms with Gasteiger partial charge in [0.05, 0.1) is 18.6 Å². The molecule has 1 saturated carbocycles. The number of anilines is 2. The monoisotopic (exact) mass is 499 g/mol.